The maximum absolute atomic E-state index is 14.2. The van der Waals surface area contributed by atoms with Gasteiger partial charge in [-0.05, 0) is 36.8 Å². The van der Waals surface area contributed by atoms with Crippen LogP contribution in [0.2, 0.25) is 0 Å². The van der Waals surface area contributed by atoms with Crippen LogP contribution < -0.4 is 0 Å². The van der Waals surface area contributed by atoms with Gasteiger partial charge in [0.25, 0.3) is 0 Å². The van der Waals surface area contributed by atoms with Crippen LogP contribution in [0.15, 0.2) is 30.3 Å². The Kier molecular flexibility index (Phi) is 6.36. The lowest BCUT2D eigenvalue weighted by atomic mass is 9.44. The van der Waals surface area contributed by atoms with E-state index in [9.17, 15) is 29.4 Å². The van der Waals surface area contributed by atoms with Gasteiger partial charge < -0.3 is 24.4 Å². The van der Waals surface area contributed by atoms with Crippen LogP contribution in [0.25, 0.3) is 0 Å². The number of hydrogen-bond acceptors (Lipinski definition) is 9. The molecule has 9 nitrogen and oxygen atoms in total. The highest BCUT2D eigenvalue weighted by Gasteiger charge is 2.76. The van der Waals surface area contributed by atoms with Crippen molar-refractivity contribution in [1.82, 2.24) is 0 Å². The minimum atomic E-state index is -1.72. The molecule has 3 unspecified atom stereocenters. The van der Waals surface area contributed by atoms with Crippen molar-refractivity contribution in [2.45, 2.75) is 77.5 Å². The zero-order chi connectivity index (χ0) is 27.8. The fourth-order valence-corrected chi connectivity index (χ4v) is 8.02. The van der Waals surface area contributed by atoms with Gasteiger partial charge in [0, 0.05) is 25.2 Å². The Morgan fingerprint density at radius 3 is 2.29 bits per heavy atom. The van der Waals surface area contributed by atoms with Gasteiger partial charge in [-0.1, -0.05) is 39.0 Å². The van der Waals surface area contributed by atoms with E-state index < -0.39 is 88.0 Å². The highest BCUT2D eigenvalue weighted by molar-refractivity contribution is 6.40. The molecule has 0 spiro atoms. The number of esters is 2. The first-order valence-corrected chi connectivity index (χ1v) is 13.3. The molecule has 2 N–H and O–H groups in total. The van der Waals surface area contributed by atoms with E-state index in [-0.39, 0.29) is 25.0 Å². The number of ketones is 2. The van der Waals surface area contributed by atoms with Crippen molar-refractivity contribution in [3.63, 3.8) is 0 Å². The van der Waals surface area contributed by atoms with Crippen molar-refractivity contribution in [3.05, 3.63) is 35.9 Å². The van der Waals surface area contributed by atoms with E-state index >= 15 is 0 Å². The average molecular weight is 529 g/mol. The van der Waals surface area contributed by atoms with Crippen LogP contribution in [-0.4, -0.2) is 70.3 Å². The standard InChI is InChI=1S/C29H36O9/c1-14-18(31)11-17-23(37-26(35)16-9-7-6-8-10-16)24-28(5,25(34)22(33)21(14)27(17,3)4)19(32)12-20-29(24,13-36-20)38-15(2)30/h6-10,14,17-21,23-24,31-32H,11-13H2,1-5H3/t14?,17?,18-,19-,20+,21?,23+,24-,28+,29-/m0/s1. The van der Waals surface area contributed by atoms with Crippen LogP contribution in [0, 0.1) is 34.5 Å². The molecule has 38 heavy (non-hydrogen) atoms. The van der Waals surface area contributed by atoms with E-state index in [4.69, 9.17) is 14.2 Å². The molecule has 1 saturated heterocycles. The SMILES string of the molecule is CC(=O)O[C@@]12CO[C@@H]1C[C@H](O)[C@@]1(C)C(=O)C(=O)C3C(C)[C@@H](O)CC([C@@H](OC(=O)c4ccccc4)[C@H]21)C3(C)C. The summed E-state index contributed by atoms with van der Waals surface area (Å²) in [5.41, 5.74) is -3.69. The highest BCUT2D eigenvalue weighted by atomic mass is 16.6. The Hall–Kier alpha value is -2.62. The molecule has 4 fully saturated rings. The van der Waals surface area contributed by atoms with Gasteiger partial charge in [-0.25, -0.2) is 4.79 Å². The molecule has 0 radical (unpaired) electrons. The number of rotatable bonds is 3. The molecule has 3 aliphatic carbocycles. The van der Waals surface area contributed by atoms with Crippen LogP contribution >= 0.6 is 0 Å². The second kappa shape index (κ2) is 8.96. The molecule has 4 aliphatic rings. The van der Waals surface area contributed by atoms with Gasteiger partial charge in [0.15, 0.2) is 5.60 Å². The van der Waals surface area contributed by atoms with Crippen LogP contribution in [0.4, 0.5) is 0 Å². The average Bonchev–Trinajstić information content (AvgIpc) is 2.85. The number of hydrogen-bond donors (Lipinski definition) is 2. The number of carbonyl (C=O) groups is 4. The Morgan fingerprint density at radius 1 is 1.05 bits per heavy atom. The van der Waals surface area contributed by atoms with Crippen molar-refractivity contribution in [2.24, 2.45) is 34.5 Å². The van der Waals surface area contributed by atoms with E-state index in [0.29, 0.717) is 0 Å². The zero-order valence-corrected chi connectivity index (χ0v) is 22.4. The van der Waals surface area contributed by atoms with E-state index in [1.807, 2.05) is 13.8 Å². The predicted molar refractivity (Wildman–Crippen MR) is 133 cm³/mol. The Labute approximate surface area is 221 Å². The molecule has 0 aromatic heterocycles. The lowest BCUT2D eigenvalue weighted by Crippen LogP contribution is -2.79. The molecule has 1 aromatic rings. The Bertz CT molecular complexity index is 1160. The quantitative estimate of drug-likeness (QED) is 0.446. The van der Waals surface area contributed by atoms with E-state index in [1.54, 1.807) is 37.3 Å². The van der Waals surface area contributed by atoms with Crippen molar-refractivity contribution in [2.75, 3.05) is 6.61 Å². The third-order valence-electron chi connectivity index (χ3n) is 10.0. The molecule has 2 bridgehead atoms. The number of aliphatic hydroxyl groups excluding tert-OH is 2. The molecule has 1 heterocycles. The monoisotopic (exact) mass is 528 g/mol. The summed E-state index contributed by atoms with van der Waals surface area (Å²) in [4.78, 5) is 54.1. The summed E-state index contributed by atoms with van der Waals surface area (Å²) in [6.07, 6.45) is -3.88. The topological polar surface area (TPSA) is 136 Å². The molecule has 1 aliphatic heterocycles. The summed E-state index contributed by atoms with van der Waals surface area (Å²) >= 11 is 0. The van der Waals surface area contributed by atoms with Crippen LogP contribution in [0.5, 0.6) is 0 Å². The zero-order valence-electron chi connectivity index (χ0n) is 22.4. The number of aliphatic hydroxyl groups is 2. The van der Waals surface area contributed by atoms with Crippen LogP contribution in [0.3, 0.4) is 0 Å². The summed E-state index contributed by atoms with van der Waals surface area (Å²) in [6, 6.07) is 8.39. The summed E-state index contributed by atoms with van der Waals surface area (Å²) in [5.74, 6) is -5.78. The third kappa shape index (κ3) is 3.62. The van der Waals surface area contributed by atoms with Gasteiger partial charge in [-0.3, -0.25) is 14.4 Å². The van der Waals surface area contributed by atoms with Gasteiger partial charge in [-0.2, -0.15) is 0 Å². The first-order chi connectivity index (χ1) is 17.8. The molecule has 9 heteroatoms. The number of Topliss-reactive ketones (excluding diaryl/α,β-unsaturated/α-hetero) is 2. The maximum Gasteiger partial charge on any atom is 0.338 e. The third-order valence-corrected chi connectivity index (χ3v) is 10.0. The molecule has 5 rings (SSSR count). The van der Waals surface area contributed by atoms with E-state index in [1.165, 1.54) is 13.8 Å². The van der Waals surface area contributed by atoms with Crippen LogP contribution in [-0.2, 0) is 28.6 Å². The first-order valence-electron chi connectivity index (χ1n) is 13.3. The fourth-order valence-electron chi connectivity index (χ4n) is 8.02. The minimum absolute atomic E-state index is 0.0183. The second-order valence-electron chi connectivity index (χ2n) is 12.4. The molecule has 10 atom stereocenters. The van der Waals surface area contributed by atoms with Crippen molar-refractivity contribution in [1.29, 1.82) is 0 Å². The number of carbonyl (C=O) groups excluding carboxylic acids is 4. The van der Waals surface area contributed by atoms with Gasteiger partial charge in [-0.15, -0.1) is 0 Å². The summed E-state index contributed by atoms with van der Waals surface area (Å²) in [7, 11) is 0. The first kappa shape index (κ1) is 27.0. The van der Waals surface area contributed by atoms with Crippen molar-refractivity contribution < 1.29 is 43.6 Å². The Morgan fingerprint density at radius 2 is 1.71 bits per heavy atom. The molecule has 3 saturated carbocycles. The van der Waals surface area contributed by atoms with Gasteiger partial charge >= 0.3 is 11.9 Å². The predicted octanol–water partition coefficient (Wildman–Crippen LogP) is 2.11. The summed E-state index contributed by atoms with van der Waals surface area (Å²) < 4.78 is 17.9. The lowest BCUT2D eigenvalue weighted by molar-refractivity contribution is -0.336. The second-order valence-corrected chi connectivity index (χ2v) is 12.4. The lowest BCUT2D eigenvalue weighted by Gasteiger charge is -2.66. The van der Waals surface area contributed by atoms with Crippen molar-refractivity contribution >= 4 is 23.5 Å². The van der Waals surface area contributed by atoms with Crippen LogP contribution in [0.1, 0.15) is 57.8 Å². The number of fused-ring (bicyclic) bond motifs is 5. The molecular formula is C29H36O9. The molecule has 206 valence electrons. The fraction of sp³-hybridized carbons (Fsp3) is 0.655. The number of ether oxygens (including phenoxy) is 3. The Balaban J connectivity index is 1.75. The van der Waals surface area contributed by atoms with Gasteiger partial charge in [0.05, 0.1) is 35.7 Å². The highest BCUT2D eigenvalue weighted by Crippen LogP contribution is 2.63. The minimum Gasteiger partial charge on any atom is -0.458 e. The van der Waals surface area contributed by atoms with Crippen molar-refractivity contribution in [3.8, 4) is 0 Å². The van der Waals surface area contributed by atoms with E-state index in [0.717, 1.165) is 0 Å². The summed E-state index contributed by atoms with van der Waals surface area (Å²) in [6.45, 7) is 8.15. The smallest absolute Gasteiger partial charge is 0.338 e. The van der Waals surface area contributed by atoms with Gasteiger partial charge in [0.1, 0.15) is 12.2 Å². The van der Waals surface area contributed by atoms with E-state index in [2.05, 4.69) is 0 Å². The maximum atomic E-state index is 14.2. The normalized spacial score (nSPS) is 43.4. The largest absolute Gasteiger partial charge is 0.458 e. The summed E-state index contributed by atoms with van der Waals surface area (Å²) in [5, 5.41) is 22.5. The molecule has 1 aromatic carbocycles. The van der Waals surface area contributed by atoms with Gasteiger partial charge in [0.2, 0.25) is 11.6 Å². The molecule has 0 amide bonds. The molecular weight excluding hydrogens is 492 g/mol. The number of benzene rings is 1.